The SMILES string of the molecule is C=NC(=N/C(C)=C(\C)C(=O)N[C@@H](CCN)C(=O)N(C)[C@@H]1C(=O)N[C@@H](C)C(=O)N[C@H](C(=O)NCC#N)Cc2ccc(OCCN)c(c2)-c2cc1ccc2OCCN)c1ccc(-c2ccccc2)cc1. The van der Waals surface area contributed by atoms with Crippen LogP contribution in [0.15, 0.2) is 112 Å². The minimum Gasteiger partial charge on any atom is -0.492 e. The molecule has 4 aromatic rings. The lowest BCUT2D eigenvalue weighted by atomic mass is 9.93. The number of rotatable bonds is 17. The fraction of sp³-hybridized carbons (Fsp3) is 0.320. The Bertz CT molecular complexity index is 2570. The molecule has 1 heterocycles. The van der Waals surface area contributed by atoms with Crippen LogP contribution in [-0.2, 0) is 30.4 Å². The summed E-state index contributed by atoms with van der Waals surface area (Å²) in [6.07, 6.45) is -0.0116. The van der Waals surface area contributed by atoms with E-state index in [0.29, 0.717) is 45.0 Å². The van der Waals surface area contributed by atoms with Crippen LogP contribution in [-0.4, -0.2) is 112 Å². The summed E-state index contributed by atoms with van der Waals surface area (Å²) in [4.78, 5) is 80.2. The predicted molar refractivity (Wildman–Crippen MR) is 260 cm³/mol. The second-order valence-corrected chi connectivity index (χ2v) is 15.9. The number of nitrogens with two attached hydrogens (primary N) is 3. The van der Waals surface area contributed by atoms with Gasteiger partial charge in [-0.25, -0.2) is 9.98 Å². The average molecular weight is 926 g/mol. The van der Waals surface area contributed by atoms with Crippen molar-refractivity contribution in [3.8, 4) is 39.8 Å². The fourth-order valence-electron chi connectivity index (χ4n) is 7.44. The summed E-state index contributed by atoms with van der Waals surface area (Å²) < 4.78 is 12.2. The Balaban J connectivity index is 1.54. The number of amidine groups is 1. The average Bonchev–Trinajstić information content (AvgIpc) is 3.35. The number of ether oxygens (including phenoxy) is 2. The van der Waals surface area contributed by atoms with E-state index in [1.807, 2.05) is 60.7 Å². The maximum absolute atomic E-state index is 14.7. The maximum atomic E-state index is 14.7. The van der Waals surface area contributed by atoms with E-state index in [9.17, 15) is 29.2 Å². The van der Waals surface area contributed by atoms with Gasteiger partial charge in [0.25, 0.3) is 0 Å². The van der Waals surface area contributed by atoms with Crippen molar-refractivity contribution in [3.63, 3.8) is 0 Å². The summed E-state index contributed by atoms with van der Waals surface area (Å²) >= 11 is 0. The minimum absolute atomic E-state index is 0.00351. The van der Waals surface area contributed by atoms with Crippen LogP contribution in [0, 0.1) is 11.3 Å². The zero-order valence-electron chi connectivity index (χ0n) is 38.7. The van der Waals surface area contributed by atoms with Crippen molar-refractivity contribution in [2.75, 3.05) is 46.4 Å². The van der Waals surface area contributed by atoms with E-state index < -0.39 is 53.7 Å². The fourth-order valence-corrected chi connectivity index (χ4v) is 7.44. The highest BCUT2D eigenvalue weighted by Gasteiger charge is 2.36. The highest BCUT2D eigenvalue weighted by atomic mass is 16.5. The second kappa shape index (κ2) is 24.7. The Morgan fingerprint density at radius 3 is 2.12 bits per heavy atom. The number of likely N-dealkylation sites (N-methyl/N-ethyl adjacent to an activating group) is 1. The van der Waals surface area contributed by atoms with E-state index in [4.69, 9.17) is 26.7 Å². The number of nitrogens with zero attached hydrogens (tertiary/aromatic N) is 4. The molecule has 0 fully saturated rings. The predicted octanol–water partition coefficient (Wildman–Crippen LogP) is 2.66. The molecule has 0 saturated heterocycles. The number of nitrogens with one attached hydrogen (secondary N) is 4. The number of carbonyl (C=O) groups is 5. The smallest absolute Gasteiger partial charge is 0.249 e. The van der Waals surface area contributed by atoms with E-state index in [1.54, 1.807) is 50.2 Å². The highest BCUT2D eigenvalue weighted by molar-refractivity contribution is 6.03. The molecule has 4 bridgehead atoms. The molecule has 1 aliphatic rings. The van der Waals surface area contributed by atoms with Crippen LogP contribution >= 0.6 is 0 Å². The van der Waals surface area contributed by atoms with Crippen molar-refractivity contribution in [3.05, 3.63) is 119 Å². The van der Waals surface area contributed by atoms with Crippen molar-refractivity contribution in [2.45, 2.75) is 57.8 Å². The van der Waals surface area contributed by atoms with E-state index in [-0.39, 0.29) is 63.6 Å². The third kappa shape index (κ3) is 13.0. The van der Waals surface area contributed by atoms with Gasteiger partial charge in [-0.3, -0.25) is 24.0 Å². The zero-order chi connectivity index (χ0) is 49.3. The summed E-state index contributed by atoms with van der Waals surface area (Å²) in [5.41, 5.74) is 22.8. The molecule has 4 aromatic carbocycles. The summed E-state index contributed by atoms with van der Waals surface area (Å²) in [6, 6.07) is 24.4. The molecule has 5 amide bonds. The number of aliphatic imine (C=N–C) groups is 2. The van der Waals surface area contributed by atoms with Crippen LogP contribution in [0.2, 0.25) is 0 Å². The van der Waals surface area contributed by atoms with Gasteiger partial charge in [-0.15, -0.1) is 0 Å². The van der Waals surface area contributed by atoms with Crippen molar-refractivity contribution < 1.29 is 33.4 Å². The third-order valence-corrected chi connectivity index (χ3v) is 11.2. The van der Waals surface area contributed by atoms with E-state index in [2.05, 4.69) is 38.0 Å². The molecule has 10 N–H and O–H groups in total. The van der Waals surface area contributed by atoms with Gasteiger partial charge in [-0.2, -0.15) is 5.26 Å². The molecule has 0 aliphatic carbocycles. The van der Waals surface area contributed by atoms with E-state index >= 15 is 0 Å². The van der Waals surface area contributed by atoms with Crippen LogP contribution in [0.5, 0.6) is 11.5 Å². The second-order valence-electron chi connectivity index (χ2n) is 15.9. The standard InChI is InChI=1S/C50H59N11O7/c1-30(31(2)57-45(55-4)36-14-12-35(13-15-36)34-9-7-6-8-10-34)46(62)59-40(19-20-51)50(66)61(5)44-37-16-18-43(68-26-23-54)39(29-37)38-27-33(11-17-42(38)67-25-22-53)28-41(48(64)56-24-21-52)60-47(63)32(3)58-49(44)65/h6-18,27,29,32,40-41,44H,4,19-20,22-26,28,51,53-54H2,1-3,5H3,(H,56,64)(H,58,65)(H,59,62)(H,60,63)/b31-30+,57-45?/t32-,40-,41-,44-/m0/s1. The van der Waals surface area contributed by atoms with Gasteiger partial charge in [0.1, 0.15) is 55.4 Å². The van der Waals surface area contributed by atoms with Crippen molar-refractivity contribution in [1.82, 2.24) is 26.2 Å². The molecular formula is C50H59N11O7. The summed E-state index contributed by atoms with van der Waals surface area (Å²) in [7, 11) is 1.41. The third-order valence-electron chi connectivity index (χ3n) is 11.2. The molecule has 356 valence electrons. The van der Waals surface area contributed by atoms with Crippen LogP contribution < -0.4 is 47.9 Å². The normalized spacial score (nSPS) is 16.9. The molecule has 4 atom stereocenters. The van der Waals surface area contributed by atoms with Gasteiger partial charge in [-0.05, 0) is 87.0 Å². The number of carbonyl (C=O) groups excluding carboxylic acids is 5. The first-order chi connectivity index (χ1) is 32.7. The van der Waals surface area contributed by atoms with E-state index in [0.717, 1.165) is 11.1 Å². The molecule has 0 unspecified atom stereocenters. The molecule has 0 radical (unpaired) electrons. The molecule has 5 rings (SSSR count). The Hall–Kier alpha value is -7.72. The molecule has 68 heavy (non-hydrogen) atoms. The van der Waals surface area contributed by atoms with E-state index in [1.165, 1.54) is 18.9 Å². The number of amides is 5. The van der Waals surface area contributed by atoms with Crippen LogP contribution in [0.4, 0.5) is 0 Å². The number of hydrogen-bond acceptors (Lipinski definition) is 12. The van der Waals surface area contributed by atoms with Crippen LogP contribution in [0.25, 0.3) is 22.3 Å². The number of fused-ring (bicyclic) bond motifs is 5. The topological polar surface area (TPSA) is 282 Å². The number of benzene rings is 4. The van der Waals surface area contributed by atoms with Gasteiger partial charge in [0.05, 0.1) is 6.07 Å². The first-order valence-electron chi connectivity index (χ1n) is 22.1. The van der Waals surface area contributed by atoms with Gasteiger partial charge < -0.3 is 52.8 Å². The minimum atomic E-state index is -1.41. The van der Waals surface area contributed by atoms with Crippen LogP contribution in [0.1, 0.15) is 49.9 Å². The molecule has 18 heteroatoms. The maximum Gasteiger partial charge on any atom is 0.249 e. The Kier molecular flexibility index (Phi) is 18.6. The van der Waals surface area contributed by atoms with Gasteiger partial charge in [0, 0.05) is 54.5 Å². The molecule has 18 nitrogen and oxygen atoms in total. The van der Waals surface area contributed by atoms with Crippen LogP contribution in [0.3, 0.4) is 0 Å². The van der Waals surface area contributed by atoms with Crippen molar-refractivity contribution in [2.24, 2.45) is 27.2 Å². The summed E-state index contributed by atoms with van der Waals surface area (Å²) in [6.45, 7) is 8.66. The first kappa shape index (κ1) is 51.3. The molecule has 0 aromatic heterocycles. The van der Waals surface area contributed by atoms with Gasteiger partial charge in [0.2, 0.25) is 29.5 Å². The molecular weight excluding hydrogens is 867 g/mol. The first-order valence-corrected chi connectivity index (χ1v) is 22.1. The lowest BCUT2D eigenvalue weighted by Crippen LogP contribution is -2.56. The van der Waals surface area contributed by atoms with Crippen molar-refractivity contribution in [1.29, 1.82) is 5.26 Å². The Morgan fingerprint density at radius 2 is 1.50 bits per heavy atom. The largest absolute Gasteiger partial charge is 0.492 e. The molecule has 0 spiro atoms. The highest BCUT2D eigenvalue weighted by Crippen LogP contribution is 2.40. The quantitative estimate of drug-likeness (QED) is 0.0350. The van der Waals surface area contributed by atoms with Gasteiger partial charge >= 0.3 is 0 Å². The van der Waals surface area contributed by atoms with Crippen molar-refractivity contribution >= 4 is 42.1 Å². The molecule has 0 saturated carbocycles. The number of allylic oxidation sites excluding steroid dienone is 1. The van der Waals surface area contributed by atoms with Gasteiger partial charge in [0.15, 0.2) is 5.84 Å². The number of nitriles is 1. The number of hydrogen-bond donors (Lipinski definition) is 7. The monoisotopic (exact) mass is 925 g/mol. The Labute approximate surface area is 396 Å². The zero-order valence-corrected chi connectivity index (χ0v) is 38.7. The Morgan fingerprint density at radius 1 is 0.868 bits per heavy atom. The van der Waals surface area contributed by atoms with Gasteiger partial charge in [-0.1, -0.05) is 66.7 Å². The lowest BCUT2D eigenvalue weighted by molar-refractivity contribution is -0.142. The summed E-state index contributed by atoms with van der Waals surface area (Å²) in [5, 5.41) is 19.9. The summed E-state index contributed by atoms with van der Waals surface area (Å²) in [5.74, 6) is -2.34. The molecule has 1 aliphatic heterocycles. The lowest BCUT2D eigenvalue weighted by Gasteiger charge is -2.32.